The van der Waals surface area contributed by atoms with E-state index >= 15 is 0 Å². The fourth-order valence-electron chi connectivity index (χ4n) is 2.61. The second-order valence-corrected chi connectivity index (χ2v) is 7.71. The van der Waals surface area contributed by atoms with Gasteiger partial charge in [0.2, 0.25) is 0 Å². The first kappa shape index (κ1) is 14.2. The van der Waals surface area contributed by atoms with Crippen molar-refractivity contribution in [2.45, 2.75) is 19.4 Å². The Hall–Kier alpha value is -1.73. The van der Waals surface area contributed by atoms with Crippen molar-refractivity contribution >= 4 is 9.84 Å². The lowest BCUT2D eigenvalue weighted by Crippen LogP contribution is -2.08. The van der Waals surface area contributed by atoms with Gasteiger partial charge in [0.25, 0.3) is 0 Å². The molecule has 21 heavy (non-hydrogen) atoms. The molecule has 6 nitrogen and oxygen atoms in total. The Morgan fingerprint density at radius 3 is 2.67 bits per heavy atom. The van der Waals surface area contributed by atoms with Crippen molar-refractivity contribution in [3.63, 3.8) is 0 Å². The fourth-order valence-corrected chi connectivity index (χ4v) is 4.47. The van der Waals surface area contributed by atoms with Crippen molar-refractivity contribution in [3.8, 4) is 11.4 Å². The molecular weight excluding hydrogens is 288 g/mol. The smallest absolute Gasteiger partial charge is 0.181 e. The summed E-state index contributed by atoms with van der Waals surface area (Å²) in [4.78, 5) is 4.45. The summed E-state index contributed by atoms with van der Waals surface area (Å²) in [5, 5.41) is 7.11. The molecule has 7 heteroatoms. The van der Waals surface area contributed by atoms with Gasteiger partial charge in [0, 0.05) is 18.5 Å². The van der Waals surface area contributed by atoms with E-state index in [-0.39, 0.29) is 11.7 Å². The molecule has 2 heterocycles. The lowest BCUT2D eigenvalue weighted by Gasteiger charge is -2.02. The van der Waals surface area contributed by atoms with Crippen LogP contribution in [0.5, 0.6) is 0 Å². The molecule has 0 radical (unpaired) electrons. The van der Waals surface area contributed by atoms with Gasteiger partial charge in [-0.2, -0.15) is 5.10 Å². The zero-order valence-corrected chi connectivity index (χ0v) is 12.4. The lowest BCUT2D eigenvalue weighted by molar-refractivity contribution is 0.570. The minimum atomic E-state index is -2.84. The van der Waals surface area contributed by atoms with E-state index in [2.05, 4.69) is 15.2 Å². The first-order valence-electron chi connectivity index (χ1n) is 6.97. The first-order chi connectivity index (χ1) is 10.1. The first-order valence-corrected chi connectivity index (χ1v) is 8.79. The van der Waals surface area contributed by atoms with Crippen LogP contribution in [0.4, 0.5) is 0 Å². The van der Waals surface area contributed by atoms with Crippen LogP contribution in [0.25, 0.3) is 11.4 Å². The zero-order valence-electron chi connectivity index (χ0n) is 11.6. The highest BCUT2D eigenvalue weighted by molar-refractivity contribution is 7.91. The van der Waals surface area contributed by atoms with Gasteiger partial charge in [0.05, 0.1) is 11.5 Å². The molecule has 0 bridgehead atoms. The highest BCUT2D eigenvalue weighted by Gasteiger charge is 2.28. The van der Waals surface area contributed by atoms with Crippen LogP contribution >= 0.6 is 0 Å². The number of nitrogens with zero attached hydrogens (tertiary/aromatic N) is 2. The molecule has 1 aliphatic heterocycles. The number of rotatable bonds is 4. The number of aromatic nitrogens is 3. The standard InChI is InChI=1S/C14H18N4O2S/c15-8-10-1-3-12(4-2-10)14-16-13(17-18-14)7-11-5-6-21(19,20)9-11/h1-4,11H,5-9,15H2,(H,16,17,18). The van der Waals surface area contributed by atoms with Crippen LogP contribution in [0, 0.1) is 5.92 Å². The third-order valence-electron chi connectivity index (χ3n) is 3.79. The number of aromatic amines is 1. The van der Waals surface area contributed by atoms with Crippen molar-refractivity contribution in [1.29, 1.82) is 0 Å². The third kappa shape index (κ3) is 3.30. The number of nitrogens with one attached hydrogen (secondary N) is 1. The van der Waals surface area contributed by atoms with Gasteiger partial charge in [-0.1, -0.05) is 24.3 Å². The molecule has 2 aromatic rings. The summed E-state index contributed by atoms with van der Waals surface area (Å²) >= 11 is 0. The molecule has 1 aliphatic rings. The molecule has 0 spiro atoms. The monoisotopic (exact) mass is 306 g/mol. The van der Waals surface area contributed by atoms with E-state index in [1.807, 2.05) is 24.3 Å². The number of benzene rings is 1. The van der Waals surface area contributed by atoms with E-state index in [4.69, 9.17) is 5.73 Å². The van der Waals surface area contributed by atoms with Gasteiger partial charge in [-0.05, 0) is 17.9 Å². The second-order valence-electron chi connectivity index (χ2n) is 5.48. The van der Waals surface area contributed by atoms with E-state index < -0.39 is 9.84 Å². The zero-order chi connectivity index (χ0) is 14.9. The van der Waals surface area contributed by atoms with Crippen molar-refractivity contribution in [1.82, 2.24) is 15.2 Å². The molecule has 112 valence electrons. The number of hydrogen-bond donors (Lipinski definition) is 2. The van der Waals surface area contributed by atoms with Gasteiger partial charge in [-0.3, -0.25) is 5.10 Å². The van der Waals surface area contributed by atoms with E-state index in [0.717, 1.165) is 17.0 Å². The van der Waals surface area contributed by atoms with Crippen LogP contribution < -0.4 is 5.73 Å². The van der Waals surface area contributed by atoms with Gasteiger partial charge < -0.3 is 5.73 Å². The third-order valence-corrected chi connectivity index (χ3v) is 5.63. The minimum absolute atomic E-state index is 0.149. The SMILES string of the molecule is NCc1ccc(-c2n[nH]c(CC3CCS(=O)(=O)C3)n2)cc1. The molecule has 1 aromatic heterocycles. The Balaban J connectivity index is 1.71. The summed E-state index contributed by atoms with van der Waals surface area (Å²) in [5.74, 6) is 2.08. The highest BCUT2D eigenvalue weighted by atomic mass is 32.2. The summed E-state index contributed by atoms with van der Waals surface area (Å²) in [5.41, 5.74) is 7.56. The molecule has 3 N–H and O–H groups in total. The van der Waals surface area contributed by atoms with Gasteiger partial charge >= 0.3 is 0 Å². The molecule has 3 rings (SSSR count). The molecule has 1 saturated heterocycles. The average molecular weight is 306 g/mol. The maximum atomic E-state index is 11.5. The molecule has 1 aromatic carbocycles. The molecule has 1 fully saturated rings. The topological polar surface area (TPSA) is 102 Å². The molecule has 0 amide bonds. The Bertz CT molecular complexity index is 722. The van der Waals surface area contributed by atoms with E-state index in [9.17, 15) is 8.42 Å². The van der Waals surface area contributed by atoms with Crippen molar-refractivity contribution < 1.29 is 8.42 Å². The van der Waals surface area contributed by atoms with Gasteiger partial charge in [-0.15, -0.1) is 0 Å². The Labute approximate surface area is 123 Å². The molecular formula is C14H18N4O2S. The Kier molecular flexibility index (Phi) is 3.77. The molecule has 1 atom stereocenters. The van der Waals surface area contributed by atoms with Gasteiger partial charge in [-0.25, -0.2) is 13.4 Å². The lowest BCUT2D eigenvalue weighted by atomic mass is 10.1. The number of hydrogen-bond acceptors (Lipinski definition) is 5. The largest absolute Gasteiger partial charge is 0.326 e. The van der Waals surface area contributed by atoms with Crippen molar-refractivity contribution in [3.05, 3.63) is 35.7 Å². The quantitative estimate of drug-likeness (QED) is 0.874. The summed E-state index contributed by atoms with van der Waals surface area (Å²) in [7, 11) is -2.84. The maximum Gasteiger partial charge on any atom is 0.181 e. The molecule has 1 unspecified atom stereocenters. The molecule has 0 saturated carbocycles. The van der Waals surface area contributed by atoms with E-state index in [0.29, 0.717) is 31.0 Å². The average Bonchev–Trinajstić information content (AvgIpc) is 3.06. The maximum absolute atomic E-state index is 11.5. The number of nitrogens with two attached hydrogens (primary N) is 1. The van der Waals surface area contributed by atoms with Crippen LogP contribution in [0.3, 0.4) is 0 Å². The van der Waals surface area contributed by atoms with Gasteiger partial charge in [0.15, 0.2) is 15.7 Å². The predicted molar refractivity (Wildman–Crippen MR) is 80.2 cm³/mol. The summed E-state index contributed by atoms with van der Waals surface area (Å²) in [6.07, 6.45) is 1.34. The Morgan fingerprint density at radius 1 is 1.29 bits per heavy atom. The summed E-state index contributed by atoms with van der Waals surface area (Å²) < 4.78 is 22.9. The molecule has 0 aliphatic carbocycles. The van der Waals surface area contributed by atoms with Crippen LogP contribution in [0.15, 0.2) is 24.3 Å². The van der Waals surface area contributed by atoms with Crippen molar-refractivity contribution in [2.24, 2.45) is 11.7 Å². The van der Waals surface area contributed by atoms with Crippen LogP contribution in [0.2, 0.25) is 0 Å². The summed E-state index contributed by atoms with van der Waals surface area (Å²) in [6.45, 7) is 0.510. The minimum Gasteiger partial charge on any atom is -0.326 e. The number of sulfone groups is 1. The van der Waals surface area contributed by atoms with Crippen LogP contribution in [0.1, 0.15) is 17.8 Å². The van der Waals surface area contributed by atoms with E-state index in [1.54, 1.807) is 0 Å². The van der Waals surface area contributed by atoms with Crippen LogP contribution in [-0.4, -0.2) is 35.1 Å². The normalized spacial score (nSPS) is 20.7. The Morgan fingerprint density at radius 2 is 2.05 bits per heavy atom. The number of H-pyrrole nitrogens is 1. The van der Waals surface area contributed by atoms with Crippen LogP contribution in [-0.2, 0) is 22.8 Å². The van der Waals surface area contributed by atoms with E-state index in [1.165, 1.54) is 0 Å². The fraction of sp³-hybridized carbons (Fsp3) is 0.429. The summed E-state index contributed by atoms with van der Waals surface area (Å²) in [6, 6.07) is 7.79. The highest BCUT2D eigenvalue weighted by Crippen LogP contribution is 2.22. The predicted octanol–water partition coefficient (Wildman–Crippen LogP) is 0.908. The van der Waals surface area contributed by atoms with Gasteiger partial charge in [0.1, 0.15) is 5.82 Å². The van der Waals surface area contributed by atoms with Crippen molar-refractivity contribution in [2.75, 3.05) is 11.5 Å². The second kappa shape index (κ2) is 5.57.